The van der Waals surface area contributed by atoms with Crippen LogP contribution < -0.4 is 5.32 Å². The van der Waals surface area contributed by atoms with Crippen molar-refractivity contribution in [3.05, 3.63) is 29.6 Å². The lowest BCUT2D eigenvalue weighted by Crippen LogP contribution is -2.09. The number of carbonyl (C=O) groups is 1. The maximum absolute atomic E-state index is 13.2. The van der Waals surface area contributed by atoms with Gasteiger partial charge in [0.05, 0.1) is 5.69 Å². The van der Waals surface area contributed by atoms with Gasteiger partial charge in [-0.2, -0.15) is 0 Å². The zero-order valence-corrected chi connectivity index (χ0v) is 8.04. The fourth-order valence-corrected chi connectivity index (χ4v) is 1.11. The van der Waals surface area contributed by atoms with Crippen LogP contribution in [-0.4, -0.2) is 11.2 Å². The average Bonchev–Trinajstić information content (AvgIpc) is 2.07. The molecule has 0 spiro atoms. The highest BCUT2D eigenvalue weighted by molar-refractivity contribution is 5.82. The molecule has 0 heterocycles. The van der Waals surface area contributed by atoms with Gasteiger partial charge in [-0.05, 0) is 23.6 Å². The van der Waals surface area contributed by atoms with Gasteiger partial charge >= 0.3 is 6.09 Å². The number of hydrogen-bond donors (Lipinski definition) is 2. The van der Waals surface area contributed by atoms with E-state index < -0.39 is 11.9 Å². The smallest absolute Gasteiger partial charge is 0.409 e. The molecule has 0 unspecified atom stereocenters. The molecule has 1 amide bonds. The lowest BCUT2D eigenvalue weighted by molar-refractivity contribution is 0.209. The van der Waals surface area contributed by atoms with Gasteiger partial charge in [-0.1, -0.05) is 19.9 Å². The third-order valence-corrected chi connectivity index (χ3v) is 1.90. The van der Waals surface area contributed by atoms with Crippen LogP contribution in [0.5, 0.6) is 0 Å². The minimum absolute atomic E-state index is 0.0121. The molecule has 14 heavy (non-hydrogen) atoms. The molecule has 3 nitrogen and oxygen atoms in total. The number of carboxylic acid groups (broad SMARTS) is 1. The van der Waals surface area contributed by atoms with Gasteiger partial charge in [0, 0.05) is 0 Å². The Bertz CT molecular complexity index is 350. The molecule has 2 N–H and O–H groups in total. The molecule has 0 saturated heterocycles. The summed E-state index contributed by atoms with van der Waals surface area (Å²) in [5.74, 6) is -0.318. The van der Waals surface area contributed by atoms with E-state index in [4.69, 9.17) is 5.11 Å². The van der Waals surface area contributed by atoms with E-state index in [1.54, 1.807) is 6.07 Å². The molecule has 4 heteroatoms. The molecule has 0 atom stereocenters. The van der Waals surface area contributed by atoms with E-state index in [1.165, 1.54) is 12.1 Å². The van der Waals surface area contributed by atoms with E-state index in [9.17, 15) is 9.18 Å². The van der Waals surface area contributed by atoms with E-state index in [0.29, 0.717) is 0 Å². The zero-order valence-electron chi connectivity index (χ0n) is 8.04. The van der Waals surface area contributed by atoms with Gasteiger partial charge < -0.3 is 5.11 Å². The highest BCUT2D eigenvalue weighted by atomic mass is 19.1. The summed E-state index contributed by atoms with van der Waals surface area (Å²) in [6.07, 6.45) is -1.26. The van der Waals surface area contributed by atoms with E-state index in [2.05, 4.69) is 0 Å². The molecular formula is C10H12FNO2. The van der Waals surface area contributed by atoms with Crippen LogP contribution in [0.3, 0.4) is 0 Å². The second-order valence-corrected chi connectivity index (χ2v) is 3.32. The lowest BCUT2D eigenvalue weighted by Gasteiger charge is -2.07. The molecule has 1 aromatic rings. The Labute approximate surface area is 81.6 Å². The second kappa shape index (κ2) is 4.09. The van der Waals surface area contributed by atoms with Crippen LogP contribution in [0.25, 0.3) is 0 Å². The van der Waals surface area contributed by atoms with E-state index >= 15 is 0 Å². The van der Waals surface area contributed by atoms with Gasteiger partial charge in [-0.3, -0.25) is 5.32 Å². The average molecular weight is 197 g/mol. The Morgan fingerprint density at radius 2 is 2.14 bits per heavy atom. The summed E-state index contributed by atoms with van der Waals surface area (Å²) in [5.41, 5.74) is 0.834. The Morgan fingerprint density at radius 3 is 2.57 bits per heavy atom. The third-order valence-electron chi connectivity index (χ3n) is 1.90. The summed E-state index contributed by atoms with van der Waals surface area (Å²) >= 11 is 0. The standard InChI is InChI=1S/C10H12FNO2/c1-6(2)7-3-4-9(8(11)5-7)12-10(13)14/h3-6,12H,1-2H3,(H,13,14). The van der Waals surface area contributed by atoms with Crippen LogP contribution in [0, 0.1) is 5.82 Å². The summed E-state index contributed by atoms with van der Waals surface area (Å²) in [6.45, 7) is 3.89. The first-order valence-corrected chi connectivity index (χ1v) is 4.30. The van der Waals surface area contributed by atoms with Gasteiger partial charge in [0.1, 0.15) is 5.82 Å². The van der Waals surface area contributed by atoms with Crippen molar-refractivity contribution in [3.63, 3.8) is 0 Å². The molecule has 0 bridgehead atoms. The van der Waals surface area contributed by atoms with Gasteiger partial charge in [-0.15, -0.1) is 0 Å². The van der Waals surface area contributed by atoms with Crippen LogP contribution in [-0.2, 0) is 0 Å². The first-order chi connectivity index (χ1) is 6.50. The molecule has 1 rings (SSSR count). The molecule has 0 fully saturated rings. The van der Waals surface area contributed by atoms with Crippen molar-refractivity contribution in [1.29, 1.82) is 0 Å². The van der Waals surface area contributed by atoms with Gasteiger partial charge in [-0.25, -0.2) is 9.18 Å². The molecule has 0 aliphatic rings. The van der Waals surface area contributed by atoms with Gasteiger partial charge in [0.2, 0.25) is 0 Å². The number of benzene rings is 1. The molecular weight excluding hydrogens is 185 g/mol. The fraction of sp³-hybridized carbons (Fsp3) is 0.300. The second-order valence-electron chi connectivity index (χ2n) is 3.32. The summed E-state index contributed by atoms with van der Waals surface area (Å²) in [5, 5.41) is 10.4. The van der Waals surface area contributed by atoms with E-state index in [1.807, 2.05) is 19.2 Å². The van der Waals surface area contributed by atoms with E-state index in [0.717, 1.165) is 5.56 Å². The van der Waals surface area contributed by atoms with Crippen LogP contribution in [0.15, 0.2) is 18.2 Å². The van der Waals surface area contributed by atoms with Gasteiger partial charge in [0.25, 0.3) is 0 Å². The Kier molecular flexibility index (Phi) is 3.06. The molecule has 0 aromatic heterocycles. The minimum atomic E-state index is -1.26. The topological polar surface area (TPSA) is 49.3 Å². The predicted molar refractivity (Wildman–Crippen MR) is 52.1 cm³/mol. The van der Waals surface area contributed by atoms with Crippen LogP contribution in [0.2, 0.25) is 0 Å². The van der Waals surface area contributed by atoms with Crippen molar-refractivity contribution in [3.8, 4) is 0 Å². The number of amides is 1. The number of hydrogen-bond acceptors (Lipinski definition) is 1. The lowest BCUT2D eigenvalue weighted by atomic mass is 10.0. The molecule has 0 aliphatic heterocycles. The highest BCUT2D eigenvalue weighted by Gasteiger charge is 2.07. The summed E-state index contributed by atoms with van der Waals surface area (Å²) in [4.78, 5) is 10.3. The summed E-state index contributed by atoms with van der Waals surface area (Å²) < 4.78 is 13.2. The highest BCUT2D eigenvalue weighted by Crippen LogP contribution is 2.20. The Hall–Kier alpha value is -1.58. The first-order valence-electron chi connectivity index (χ1n) is 4.30. The largest absolute Gasteiger partial charge is 0.465 e. The zero-order chi connectivity index (χ0) is 10.7. The minimum Gasteiger partial charge on any atom is -0.465 e. The Morgan fingerprint density at radius 1 is 1.50 bits per heavy atom. The predicted octanol–water partition coefficient (Wildman–Crippen LogP) is 3.04. The van der Waals surface area contributed by atoms with Crippen molar-refractivity contribution in [2.75, 3.05) is 5.32 Å². The maximum Gasteiger partial charge on any atom is 0.409 e. The third kappa shape index (κ3) is 2.45. The molecule has 0 aliphatic carbocycles. The van der Waals surface area contributed by atoms with Crippen molar-refractivity contribution in [2.45, 2.75) is 19.8 Å². The summed E-state index contributed by atoms with van der Waals surface area (Å²) in [6, 6.07) is 4.48. The molecule has 1 aromatic carbocycles. The normalized spacial score (nSPS) is 10.3. The number of rotatable bonds is 2. The molecule has 0 radical (unpaired) electrons. The number of nitrogens with one attached hydrogen (secondary N) is 1. The fourth-order valence-electron chi connectivity index (χ4n) is 1.11. The maximum atomic E-state index is 13.2. The first kappa shape index (κ1) is 10.5. The SMILES string of the molecule is CC(C)c1ccc(NC(=O)O)c(F)c1. The van der Waals surface area contributed by atoms with Crippen molar-refractivity contribution in [1.82, 2.24) is 0 Å². The van der Waals surface area contributed by atoms with Crippen LogP contribution in [0.4, 0.5) is 14.9 Å². The van der Waals surface area contributed by atoms with Crippen molar-refractivity contribution >= 4 is 11.8 Å². The van der Waals surface area contributed by atoms with Crippen LogP contribution >= 0.6 is 0 Å². The number of anilines is 1. The van der Waals surface area contributed by atoms with E-state index in [-0.39, 0.29) is 11.6 Å². The van der Waals surface area contributed by atoms with Crippen molar-refractivity contribution in [2.24, 2.45) is 0 Å². The Balaban J connectivity index is 2.95. The molecule has 76 valence electrons. The summed E-state index contributed by atoms with van der Waals surface area (Å²) in [7, 11) is 0. The monoisotopic (exact) mass is 197 g/mol. The number of halogens is 1. The van der Waals surface area contributed by atoms with Crippen molar-refractivity contribution < 1.29 is 14.3 Å². The quantitative estimate of drug-likeness (QED) is 0.765. The molecule has 0 saturated carbocycles. The van der Waals surface area contributed by atoms with Gasteiger partial charge in [0.15, 0.2) is 0 Å². The van der Waals surface area contributed by atoms with Crippen LogP contribution in [0.1, 0.15) is 25.3 Å².